The van der Waals surface area contributed by atoms with Crippen molar-refractivity contribution in [3.63, 3.8) is 0 Å². The summed E-state index contributed by atoms with van der Waals surface area (Å²) in [5, 5.41) is 5.96. The van der Waals surface area contributed by atoms with Crippen LogP contribution in [0.25, 0.3) is 0 Å². The summed E-state index contributed by atoms with van der Waals surface area (Å²) in [6.45, 7) is 4.51. The van der Waals surface area contributed by atoms with Crippen LogP contribution >= 0.6 is 22.9 Å². The number of thiazole rings is 1. The van der Waals surface area contributed by atoms with Gasteiger partial charge in [-0.1, -0.05) is 18.5 Å². The molecule has 0 fully saturated rings. The standard InChI is InChI=1S/C13H17ClN4S/c1-3-15-5-10-4-12(14)13(16-6-10)18(2)7-11-8-19-9-17-11/h4,6,8-9,15H,3,5,7H2,1-2H3. The van der Waals surface area contributed by atoms with Gasteiger partial charge < -0.3 is 10.2 Å². The summed E-state index contributed by atoms with van der Waals surface area (Å²) < 4.78 is 0. The van der Waals surface area contributed by atoms with Crippen molar-refractivity contribution in [2.24, 2.45) is 0 Å². The molecule has 2 aromatic rings. The van der Waals surface area contributed by atoms with Crippen molar-refractivity contribution >= 4 is 28.8 Å². The van der Waals surface area contributed by atoms with Gasteiger partial charge in [0, 0.05) is 25.2 Å². The monoisotopic (exact) mass is 296 g/mol. The largest absolute Gasteiger partial charge is 0.353 e. The number of hydrogen-bond acceptors (Lipinski definition) is 5. The molecule has 1 N–H and O–H groups in total. The Balaban J connectivity index is 2.07. The molecular weight excluding hydrogens is 280 g/mol. The third kappa shape index (κ3) is 3.89. The fourth-order valence-electron chi connectivity index (χ4n) is 1.75. The van der Waals surface area contributed by atoms with Gasteiger partial charge in [-0.05, 0) is 18.2 Å². The summed E-state index contributed by atoms with van der Waals surface area (Å²) in [6, 6.07) is 1.96. The van der Waals surface area contributed by atoms with E-state index >= 15 is 0 Å². The summed E-state index contributed by atoms with van der Waals surface area (Å²) in [5.41, 5.74) is 3.96. The van der Waals surface area contributed by atoms with Crippen LogP contribution in [0.1, 0.15) is 18.2 Å². The van der Waals surface area contributed by atoms with Crippen LogP contribution < -0.4 is 10.2 Å². The molecule has 2 rings (SSSR count). The number of aromatic nitrogens is 2. The lowest BCUT2D eigenvalue weighted by molar-refractivity contribution is 0.724. The van der Waals surface area contributed by atoms with E-state index < -0.39 is 0 Å². The molecule has 0 aliphatic rings. The van der Waals surface area contributed by atoms with Crippen molar-refractivity contribution in [1.82, 2.24) is 15.3 Å². The Morgan fingerprint density at radius 3 is 2.89 bits per heavy atom. The van der Waals surface area contributed by atoms with Crippen LogP contribution in [0.4, 0.5) is 5.82 Å². The molecule has 0 aromatic carbocycles. The fraction of sp³-hybridized carbons (Fsp3) is 0.385. The smallest absolute Gasteiger partial charge is 0.147 e. The molecule has 6 heteroatoms. The van der Waals surface area contributed by atoms with Gasteiger partial charge in [-0.2, -0.15) is 0 Å². The van der Waals surface area contributed by atoms with Crippen LogP contribution in [0.3, 0.4) is 0 Å². The number of anilines is 1. The van der Waals surface area contributed by atoms with E-state index in [-0.39, 0.29) is 0 Å². The topological polar surface area (TPSA) is 41.1 Å². The van der Waals surface area contributed by atoms with Crippen LogP contribution in [0.2, 0.25) is 5.02 Å². The molecule has 102 valence electrons. The molecule has 0 aliphatic heterocycles. The first-order valence-electron chi connectivity index (χ1n) is 6.14. The molecule has 0 aliphatic carbocycles. The van der Waals surface area contributed by atoms with Crippen LogP contribution in [0.15, 0.2) is 23.2 Å². The van der Waals surface area contributed by atoms with Crippen molar-refractivity contribution in [2.75, 3.05) is 18.5 Å². The Morgan fingerprint density at radius 1 is 1.42 bits per heavy atom. The molecule has 0 bridgehead atoms. The molecule has 19 heavy (non-hydrogen) atoms. The fourth-order valence-corrected chi connectivity index (χ4v) is 2.63. The number of hydrogen-bond donors (Lipinski definition) is 1. The van der Waals surface area contributed by atoms with E-state index in [1.165, 1.54) is 0 Å². The highest BCUT2D eigenvalue weighted by Crippen LogP contribution is 2.24. The molecule has 2 aromatic heterocycles. The highest BCUT2D eigenvalue weighted by Gasteiger charge is 2.10. The van der Waals surface area contributed by atoms with Gasteiger partial charge in [0.15, 0.2) is 0 Å². The van der Waals surface area contributed by atoms with Gasteiger partial charge in [-0.15, -0.1) is 11.3 Å². The number of nitrogens with zero attached hydrogens (tertiary/aromatic N) is 3. The average Bonchev–Trinajstić information content (AvgIpc) is 2.89. The van der Waals surface area contributed by atoms with E-state index in [1.54, 1.807) is 11.3 Å². The van der Waals surface area contributed by atoms with Gasteiger partial charge in [0.2, 0.25) is 0 Å². The van der Waals surface area contributed by atoms with Crippen LogP contribution in [-0.4, -0.2) is 23.6 Å². The summed E-state index contributed by atoms with van der Waals surface area (Å²) in [6.07, 6.45) is 1.86. The van der Waals surface area contributed by atoms with Crippen molar-refractivity contribution < 1.29 is 0 Å². The molecule has 4 nitrogen and oxygen atoms in total. The SMILES string of the molecule is CCNCc1cnc(N(C)Cc2cscn2)c(Cl)c1. The van der Waals surface area contributed by atoms with Crippen molar-refractivity contribution in [3.8, 4) is 0 Å². The van der Waals surface area contributed by atoms with Crippen LogP contribution in [0, 0.1) is 0 Å². The Kier molecular flexibility index (Phi) is 5.13. The van der Waals surface area contributed by atoms with Gasteiger partial charge in [0.05, 0.1) is 22.8 Å². The molecule has 0 atom stereocenters. The maximum absolute atomic E-state index is 6.29. The number of nitrogens with one attached hydrogen (secondary N) is 1. The second-order valence-corrected chi connectivity index (χ2v) is 5.39. The van der Waals surface area contributed by atoms with E-state index in [0.717, 1.165) is 30.2 Å². The van der Waals surface area contributed by atoms with Crippen molar-refractivity contribution in [1.29, 1.82) is 0 Å². The Hall–Kier alpha value is -1.17. The normalized spacial score (nSPS) is 10.7. The van der Waals surface area contributed by atoms with Crippen LogP contribution in [0.5, 0.6) is 0 Å². The van der Waals surface area contributed by atoms with Crippen molar-refractivity contribution in [3.05, 3.63) is 39.4 Å². The Labute approximate surface area is 122 Å². The van der Waals surface area contributed by atoms with E-state index in [4.69, 9.17) is 11.6 Å². The summed E-state index contributed by atoms with van der Waals surface area (Å²) in [5.74, 6) is 0.787. The average molecular weight is 297 g/mol. The highest BCUT2D eigenvalue weighted by atomic mass is 35.5. The van der Waals surface area contributed by atoms with E-state index in [2.05, 4.69) is 22.2 Å². The summed E-state index contributed by atoms with van der Waals surface area (Å²) in [4.78, 5) is 10.7. The van der Waals surface area contributed by atoms with Crippen LogP contribution in [-0.2, 0) is 13.1 Å². The zero-order valence-electron chi connectivity index (χ0n) is 11.1. The van der Waals surface area contributed by atoms with E-state index in [0.29, 0.717) is 11.6 Å². The lowest BCUT2D eigenvalue weighted by Gasteiger charge is -2.18. The third-order valence-electron chi connectivity index (χ3n) is 2.70. The molecule has 2 heterocycles. The second kappa shape index (κ2) is 6.84. The summed E-state index contributed by atoms with van der Waals surface area (Å²) >= 11 is 7.89. The first-order chi connectivity index (χ1) is 9.20. The highest BCUT2D eigenvalue weighted by molar-refractivity contribution is 7.07. The quantitative estimate of drug-likeness (QED) is 0.890. The molecular formula is C13H17ClN4S. The molecule has 0 unspecified atom stereocenters. The van der Waals surface area contributed by atoms with Gasteiger partial charge in [-0.25, -0.2) is 9.97 Å². The van der Waals surface area contributed by atoms with Gasteiger partial charge in [0.25, 0.3) is 0 Å². The molecule has 0 radical (unpaired) electrons. The first kappa shape index (κ1) is 14.2. The predicted molar refractivity (Wildman–Crippen MR) is 80.8 cm³/mol. The zero-order valence-corrected chi connectivity index (χ0v) is 12.6. The third-order valence-corrected chi connectivity index (χ3v) is 3.62. The Morgan fingerprint density at radius 2 is 2.26 bits per heavy atom. The van der Waals surface area contributed by atoms with Gasteiger partial charge >= 0.3 is 0 Å². The lowest BCUT2D eigenvalue weighted by Crippen LogP contribution is -2.19. The maximum atomic E-state index is 6.29. The minimum absolute atomic E-state index is 0.674. The number of rotatable bonds is 6. The Bertz CT molecular complexity index is 515. The van der Waals surface area contributed by atoms with Gasteiger partial charge in [0.1, 0.15) is 5.82 Å². The second-order valence-electron chi connectivity index (χ2n) is 4.27. The van der Waals surface area contributed by atoms with Crippen molar-refractivity contribution in [2.45, 2.75) is 20.0 Å². The minimum Gasteiger partial charge on any atom is -0.353 e. The van der Waals surface area contributed by atoms with Gasteiger partial charge in [-0.3, -0.25) is 0 Å². The van der Waals surface area contributed by atoms with E-state index in [9.17, 15) is 0 Å². The lowest BCUT2D eigenvalue weighted by atomic mass is 10.2. The molecule has 0 saturated heterocycles. The minimum atomic E-state index is 0.674. The number of pyridine rings is 1. The molecule has 0 amide bonds. The molecule has 0 saturated carbocycles. The predicted octanol–water partition coefficient (Wildman–Crippen LogP) is 2.94. The first-order valence-corrected chi connectivity index (χ1v) is 7.46. The number of halogens is 1. The maximum Gasteiger partial charge on any atom is 0.147 e. The summed E-state index contributed by atoms with van der Waals surface area (Å²) in [7, 11) is 1.97. The zero-order chi connectivity index (χ0) is 13.7. The molecule has 0 spiro atoms. The van der Waals surface area contributed by atoms with E-state index in [1.807, 2.05) is 35.1 Å².